The van der Waals surface area contributed by atoms with Crippen molar-refractivity contribution in [1.29, 1.82) is 0 Å². The largest absolute Gasteiger partial charge is 0.398 e. The Morgan fingerprint density at radius 3 is 3.12 bits per heavy atom. The van der Waals surface area contributed by atoms with E-state index in [0.717, 1.165) is 43.7 Å². The summed E-state index contributed by atoms with van der Waals surface area (Å²) in [5.74, 6) is 6.20. The molecule has 17 heavy (non-hydrogen) atoms. The predicted octanol–water partition coefficient (Wildman–Crippen LogP) is 0.465. The molecule has 2 rings (SSSR count). The first-order valence-corrected chi connectivity index (χ1v) is 6.02. The normalized spacial score (nSPS) is 21.6. The van der Waals surface area contributed by atoms with E-state index in [2.05, 4.69) is 10.4 Å². The Bertz CT molecular complexity index is 352. The van der Waals surface area contributed by atoms with E-state index in [1.54, 1.807) is 6.20 Å². The first kappa shape index (κ1) is 12.3. The molecule has 1 fully saturated rings. The van der Waals surface area contributed by atoms with Crippen molar-refractivity contribution in [3.63, 3.8) is 0 Å². The third kappa shape index (κ3) is 3.39. The number of hydrazine groups is 1. The minimum atomic E-state index is 0.230. The van der Waals surface area contributed by atoms with E-state index >= 15 is 0 Å². The molecule has 1 aliphatic heterocycles. The molecule has 0 aliphatic carbocycles. The highest BCUT2D eigenvalue weighted by atomic mass is 16.5. The van der Waals surface area contributed by atoms with Crippen molar-refractivity contribution in [3.05, 3.63) is 24.0 Å². The minimum absolute atomic E-state index is 0.230. The molecule has 1 aliphatic rings. The van der Waals surface area contributed by atoms with E-state index in [4.69, 9.17) is 16.3 Å². The number of hydrogen-bond acceptors (Lipinski definition) is 5. The highest BCUT2D eigenvalue weighted by molar-refractivity contribution is 5.44. The Hall–Kier alpha value is -1.17. The summed E-state index contributed by atoms with van der Waals surface area (Å²) in [5, 5.41) is 0. The van der Waals surface area contributed by atoms with Crippen molar-refractivity contribution >= 4 is 5.69 Å². The maximum absolute atomic E-state index is 5.90. The molecule has 2 heterocycles. The molecule has 0 spiro atoms. The molecule has 0 saturated carbocycles. The van der Waals surface area contributed by atoms with Gasteiger partial charge in [0.2, 0.25) is 0 Å². The Morgan fingerprint density at radius 1 is 1.59 bits per heavy atom. The number of rotatable bonds is 5. The van der Waals surface area contributed by atoms with Crippen molar-refractivity contribution in [3.8, 4) is 0 Å². The molecule has 0 amide bonds. The quantitative estimate of drug-likeness (QED) is 0.511. The number of nitrogen functional groups attached to an aromatic ring is 1. The SMILES string of the molecule is NNC(Cc1cnccc1N)CC1CCOC1. The Balaban J connectivity index is 1.92. The number of nitrogens with two attached hydrogens (primary N) is 2. The Labute approximate surface area is 102 Å². The van der Waals surface area contributed by atoms with Crippen LogP contribution in [0.1, 0.15) is 18.4 Å². The van der Waals surface area contributed by atoms with Gasteiger partial charge in [0.1, 0.15) is 0 Å². The van der Waals surface area contributed by atoms with Gasteiger partial charge in [-0.3, -0.25) is 16.3 Å². The smallest absolute Gasteiger partial charge is 0.0495 e. The van der Waals surface area contributed by atoms with Gasteiger partial charge in [0.25, 0.3) is 0 Å². The summed E-state index contributed by atoms with van der Waals surface area (Å²) in [6.45, 7) is 1.72. The van der Waals surface area contributed by atoms with Crippen LogP contribution >= 0.6 is 0 Å². The van der Waals surface area contributed by atoms with Crippen molar-refractivity contribution in [2.75, 3.05) is 18.9 Å². The zero-order valence-corrected chi connectivity index (χ0v) is 9.93. The number of ether oxygens (including phenoxy) is 1. The average molecular weight is 236 g/mol. The number of pyridine rings is 1. The number of nitrogens with one attached hydrogen (secondary N) is 1. The summed E-state index contributed by atoms with van der Waals surface area (Å²) >= 11 is 0. The summed E-state index contributed by atoms with van der Waals surface area (Å²) in [5.41, 5.74) is 10.6. The number of nitrogens with zero attached hydrogens (tertiary/aromatic N) is 1. The minimum Gasteiger partial charge on any atom is -0.398 e. The van der Waals surface area contributed by atoms with Gasteiger partial charge in [0.05, 0.1) is 0 Å². The zero-order chi connectivity index (χ0) is 12.1. The van der Waals surface area contributed by atoms with Gasteiger partial charge in [-0.25, -0.2) is 0 Å². The van der Waals surface area contributed by atoms with Gasteiger partial charge in [0.15, 0.2) is 0 Å². The molecule has 1 aromatic rings. The fourth-order valence-corrected chi connectivity index (χ4v) is 2.26. The predicted molar refractivity (Wildman–Crippen MR) is 67.0 cm³/mol. The van der Waals surface area contributed by atoms with E-state index < -0.39 is 0 Å². The average Bonchev–Trinajstić information content (AvgIpc) is 2.84. The maximum atomic E-state index is 5.90. The first-order chi connectivity index (χ1) is 8.29. The summed E-state index contributed by atoms with van der Waals surface area (Å²) in [6, 6.07) is 2.05. The van der Waals surface area contributed by atoms with Crippen LogP contribution in [0.4, 0.5) is 5.69 Å². The molecule has 1 aromatic heterocycles. The summed E-state index contributed by atoms with van der Waals surface area (Å²) in [7, 11) is 0. The Kier molecular flexibility index (Phi) is 4.30. The zero-order valence-electron chi connectivity index (χ0n) is 9.93. The van der Waals surface area contributed by atoms with Crippen LogP contribution in [-0.4, -0.2) is 24.2 Å². The van der Waals surface area contributed by atoms with Gasteiger partial charge >= 0.3 is 0 Å². The number of anilines is 1. The van der Waals surface area contributed by atoms with E-state index in [1.807, 2.05) is 12.3 Å². The molecule has 94 valence electrons. The van der Waals surface area contributed by atoms with Gasteiger partial charge in [-0.05, 0) is 36.8 Å². The topological polar surface area (TPSA) is 86.2 Å². The summed E-state index contributed by atoms with van der Waals surface area (Å²) in [4.78, 5) is 4.09. The van der Waals surface area contributed by atoms with Crippen molar-refractivity contribution in [2.24, 2.45) is 11.8 Å². The molecule has 1 saturated heterocycles. The van der Waals surface area contributed by atoms with Gasteiger partial charge < -0.3 is 10.5 Å². The molecule has 0 bridgehead atoms. The van der Waals surface area contributed by atoms with Crippen LogP contribution in [0.3, 0.4) is 0 Å². The molecule has 2 atom stereocenters. The molecule has 0 radical (unpaired) electrons. The third-order valence-corrected chi connectivity index (χ3v) is 3.29. The van der Waals surface area contributed by atoms with Crippen LogP contribution in [0.15, 0.2) is 18.5 Å². The van der Waals surface area contributed by atoms with Crippen LogP contribution in [0, 0.1) is 5.92 Å². The molecule has 0 aromatic carbocycles. The highest BCUT2D eigenvalue weighted by Gasteiger charge is 2.20. The second-order valence-electron chi connectivity index (χ2n) is 4.61. The van der Waals surface area contributed by atoms with Crippen LogP contribution in [0.5, 0.6) is 0 Å². The van der Waals surface area contributed by atoms with Crippen LogP contribution in [0.25, 0.3) is 0 Å². The van der Waals surface area contributed by atoms with Crippen LogP contribution in [0.2, 0.25) is 0 Å². The van der Waals surface area contributed by atoms with E-state index in [9.17, 15) is 0 Å². The van der Waals surface area contributed by atoms with Gasteiger partial charge in [-0.1, -0.05) is 0 Å². The lowest BCUT2D eigenvalue weighted by Crippen LogP contribution is -2.38. The second-order valence-corrected chi connectivity index (χ2v) is 4.61. The standard InChI is InChI=1S/C12H20N4O/c13-12-1-3-15-7-10(12)6-11(16-14)5-9-2-4-17-8-9/h1,3,7,9,11,16H,2,4-6,8,14H2,(H2,13,15). The van der Waals surface area contributed by atoms with Gasteiger partial charge in [0, 0.05) is 37.3 Å². The van der Waals surface area contributed by atoms with Gasteiger partial charge in [-0.15, -0.1) is 0 Å². The number of hydrogen-bond donors (Lipinski definition) is 3. The fourth-order valence-electron chi connectivity index (χ4n) is 2.26. The lowest BCUT2D eigenvalue weighted by molar-refractivity contribution is 0.181. The maximum Gasteiger partial charge on any atom is 0.0495 e. The highest BCUT2D eigenvalue weighted by Crippen LogP contribution is 2.20. The van der Waals surface area contributed by atoms with E-state index in [1.165, 1.54) is 0 Å². The second kappa shape index (κ2) is 5.95. The molecule has 5 nitrogen and oxygen atoms in total. The Morgan fingerprint density at radius 2 is 2.47 bits per heavy atom. The molecule has 5 N–H and O–H groups in total. The molecular formula is C12H20N4O. The molecular weight excluding hydrogens is 216 g/mol. The van der Waals surface area contributed by atoms with E-state index in [0.29, 0.717) is 5.92 Å². The first-order valence-electron chi connectivity index (χ1n) is 6.02. The fraction of sp³-hybridized carbons (Fsp3) is 0.583. The lowest BCUT2D eigenvalue weighted by Gasteiger charge is -2.19. The van der Waals surface area contributed by atoms with Crippen molar-refractivity contribution in [2.45, 2.75) is 25.3 Å². The van der Waals surface area contributed by atoms with Crippen molar-refractivity contribution in [1.82, 2.24) is 10.4 Å². The molecule has 2 unspecified atom stereocenters. The summed E-state index contributed by atoms with van der Waals surface area (Å²) < 4.78 is 5.37. The van der Waals surface area contributed by atoms with Crippen LogP contribution < -0.4 is 17.0 Å². The van der Waals surface area contributed by atoms with Crippen LogP contribution in [-0.2, 0) is 11.2 Å². The lowest BCUT2D eigenvalue weighted by atomic mass is 9.95. The third-order valence-electron chi connectivity index (χ3n) is 3.29. The molecule has 5 heteroatoms. The van der Waals surface area contributed by atoms with Crippen molar-refractivity contribution < 1.29 is 4.74 Å². The number of aromatic nitrogens is 1. The van der Waals surface area contributed by atoms with E-state index in [-0.39, 0.29) is 6.04 Å². The summed E-state index contributed by atoms with van der Waals surface area (Å²) in [6.07, 6.45) is 6.47. The monoisotopic (exact) mass is 236 g/mol. The van der Waals surface area contributed by atoms with Gasteiger partial charge in [-0.2, -0.15) is 0 Å².